The molecule has 1 aromatic carbocycles. The van der Waals surface area contributed by atoms with E-state index < -0.39 is 0 Å². The van der Waals surface area contributed by atoms with Crippen molar-refractivity contribution in [1.82, 2.24) is 5.32 Å². The quantitative estimate of drug-likeness (QED) is 0.666. The van der Waals surface area contributed by atoms with Gasteiger partial charge in [-0.3, -0.25) is 0 Å². The van der Waals surface area contributed by atoms with Crippen molar-refractivity contribution in [2.24, 2.45) is 0 Å². The topological polar surface area (TPSA) is 30.5 Å². The van der Waals surface area contributed by atoms with Gasteiger partial charge < -0.3 is 14.8 Å². The summed E-state index contributed by atoms with van der Waals surface area (Å²) in [4.78, 5) is 0. The van der Waals surface area contributed by atoms with Crippen LogP contribution in [0.25, 0.3) is 0 Å². The van der Waals surface area contributed by atoms with Crippen molar-refractivity contribution in [3.05, 3.63) is 35.4 Å². The average Bonchev–Trinajstić information content (AvgIpc) is 2.45. The first-order valence-electron chi connectivity index (χ1n) is 7.52. The molecule has 1 aromatic rings. The summed E-state index contributed by atoms with van der Waals surface area (Å²) >= 11 is 0. The molecule has 0 aliphatic carbocycles. The van der Waals surface area contributed by atoms with Crippen molar-refractivity contribution in [3.63, 3.8) is 0 Å². The van der Waals surface area contributed by atoms with Crippen LogP contribution in [-0.2, 0) is 16.1 Å². The Labute approximate surface area is 123 Å². The Kier molecular flexibility index (Phi) is 8.51. The number of ether oxygens (including phenoxy) is 2. The normalized spacial score (nSPS) is 12.8. The highest BCUT2D eigenvalue weighted by Crippen LogP contribution is 2.15. The number of rotatable bonds is 10. The van der Waals surface area contributed by atoms with Gasteiger partial charge in [0.1, 0.15) is 0 Å². The monoisotopic (exact) mass is 279 g/mol. The molecule has 114 valence electrons. The van der Waals surface area contributed by atoms with Crippen LogP contribution < -0.4 is 5.32 Å². The van der Waals surface area contributed by atoms with E-state index in [2.05, 4.69) is 50.4 Å². The van der Waals surface area contributed by atoms with Crippen LogP contribution in [0.3, 0.4) is 0 Å². The molecule has 20 heavy (non-hydrogen) atoms. The molecular weight excluding hydrogens is 250 g/mol. The van der Waals surface area contributed by atoms with E-state index in [9.17, 15) is 0 Å². The predicted molar refractivity (Wildman–Crippen MR) is 84.1 cm³/mol. The van der Waals surface area contributed by atoms with Gasteiger partial charge >= 0.3 is 0 Å². The van der Waals surface area contributed by atoms with Gasteiger partial charge in [0.2, 0.25) is 0 Å². The maximum Gasteiger partial charge on any atom is 0.0716 e. The van der Waals surface area contributed by atoms with Gasteiger partial charge in [-0.05, 0) is 23.5 Å². The smallest absolute Gasteiger partial charge is 0.0716 e. The number of benzene rings is 1. The molecule has 0 bridgehead atoms. The zero-order valence-electron chi connectivity index (χ0n) is 13.3. The highest BCUT2D eigenvalue weighted by Gasteiger charge is 2.06. The molecule has 1 rings (SSSR count). The third kappa shape index (κ3) is 7.04. The summed E-state index contributed by atoms with van der Waals surface area (Å²) in [6.07, 6.45) is 0.951. The van der Waals surface area contributed by atoms with Gasteiger partial charge in [-0.2, -0.15) is 0 Å². The lowest BCUT2D eigenvalue weighted by Crippen LogP contribution is -2.26. The van der Waals surface area contributed by atoms with E-state index in [1.54, 1.807) is 7.11 Å². The highest BCUT2D eigenvalue weighted by atomic mass is 16.5. The van der Waals surface area contributed by atoms with Crippen molar-refractivity contribution in [1.29, 1.82) is 0 Å². The zero-order chi connectivity index (χ0) is 14.8. The Morgan fingerprint density at radius 1 is 1.05 bits per heavy atom. The Hall–Kier alpha value is -0.900. The van der Waals surface area contributed by atoms with Gasteiger partial charge in [0.25, 0.3) is 0 Å². The maximum absolute atomic E-state index is 5.61. The average molecular weight is 279 g/mol. The maximum atomic E-state index is 5.61. The minimum Gasteiger partial charge on any atom is -0.385 e. The van der Waals surface area contributed by atoms with Crippen molar-refractivity contribution < 1.29 is 9.47 Å². The van der Waals surface area contributed by atoms with Crippen molar-refractivity contribution >= 4 is 0 Å². The second kappa shape index (κ2) is 9.92. The molecule has 0 aromatic heterocycles. The summed E-state index contributed by atoms with van der Waals surface area (Å²) in [7, 11) is 1.72. The van der Waals surface area contributed by atoms with Crippen LogP contribution in [0.5, 0.6) is 0 Å². The van der Waals surface area contributed by atoms with E-state index in [4.69, 9.17) is 9.47 Å². The summed E-state index contributed by atoms with van der Waals surface area (Å²) in [5.41, 5.74) is 2.61. The van der Waals surface area contributed by atoms with E-state index in [-0.39, 0.29) is 0 Å². The number of methoxy groups -OCH3 is 1. The van der Waals surface area contributed by atoms with Crippen molar-refractivity contribution in [2.75, 3.05) is 26.9 Å². The first-order chi connectivity index (χ1) is 9.63. The summed E-state index contributed by atoms with van der Waals surface area (Å²) < 4.78 is 10.6. The zero-order valence-corrected chi connectivity index (χ0v) is 13.3. The summed E-state index contributed by atoms with van der Waals surface area (Å²) in [6.45, 7) is 9.83. The van der Waals surface area contributed by atoms with Crippen LogP contribution in [-0.4, -0.2) is 32.9 Å². The fraction of sp³-hybridized carbons (Fsp3) is 0.647. The minimum atomic E-state index is 0.536. The van der Waals surface area contributed by atoms with Gasteiger partial charge in [0.05, 0.1) is 6.61 Å². The molecule has 0 aliphatic rings. The highest BCUT2D eigenvalue weighted by molar-refractivity contribution is 5.24. The lowest BCUT2D eigenvalue weighted by molar-refractivity contribution is 0.0928. The first-order valence-corrected chi connectivity index (χ1v) is 7.52. The third-order valence-electron chi connectivity index (χ3n) is 3.29. The molecule has 1 N–H and O–H groups in total. The number of hydrogen-bond acceptors (Lipinski definition) is 3. The molecule has 1 atom stereocenters. The van der Waals surface area contributed by atoms with Crippen LogP contribution >= 0.6 is 0 Å². The SMILES string of the molecule is COCCCOCc1ccc(C(C)CNC(C)C)cc1. The summed E-state index contributed by atoms with van der Waals surface area (Å²) in [5, 5.41) is 3.48. The third-order valence-corrected chi connectivity index (χ3v) is 3.29. The fourth-order valence-electron chi connectivity index (χ4n) is 1.97. The largest absolute Gasteiger partial charge is 0.385 e. The molecule has 0 spiro atoms. The Bertz CT molecular complexity index is 349. The van der Waals surface area contributed by atoms with Crippen LogP contribution in [0.2, 0.25) is 0 Å². The lowest BCUT2D eigenvalue weighted by Gasteiger charge is -2.15. The minimum absolute atomic E-state index is 0.536. The Balaban J connectivity index is 2.32. The molecule has 0 saturated heterocycles. The first kappa shape index (κ1) is 17.2. The molecule has 0 radical (unpaired) electrons. The standard InChI is InChI=1S/C17H29NO2/c1-14(2)18-12-15(3)17-8-6-16(7-9-17)13-20-11-5-10-19-4/h6-9,14-15,18H,5,10-13H2,1-4H3. The number of nitrogens with one attached hydrogen (secondary N) is 1. The number of hydrogen-bond donors (Lipinski definition) is 1. The van der Waals surface area contributed by atoms with E-state index in [0.29, 0.717) is 18.6 Å². The van der Waals surface area contributed by atoms with Crippen LogP contribution in [0.15, 0.2) is 24.3 Å². The van der Waals surface area contributed by atoms with Gasteiger partial charge in [0.15, 0.2) is 0 Å². The molecule has 0 amide bonds. The predicted octanol–water partition coefficient (Wildman–Crippen LogP) is 3.34. The summed E-state index contributed by atoms with van der Waals surface area (Å²) in [5.74, 6) is 0.536. The van der Waals surface area contributed by atoms with Crippen LogP contribution in [0.4, 0.5) is 0 Å². The van der Waals surface area contributed by atoms with E-state index in [0.717, 1.165) is 26.2 Å². The Morgan fingerprint density at radius 2 is 1.75 bits per heavy atom. The molecule has 0 saturated carbocycles. The van der Waals surface area contributed by atoms with E-state index in [1.807, 2.05) is 0 Å². The van der Waals surface area contributed by atoms with Gasteiger partial charge in [0, 0.05) is 32.9 Å². The van der Waals surface area contributed by atoms with E-state index >= 15 is 0 Å². The van der Waals surface area contributed by atoms with Gasteiger partial charge in [-0.25, -0.2) is 0 Å². The van der Waals surface area contributed by atoms with Crippen molar-refractivity contribution in [3.8, 4) is 0 Å². The van der Waals surface area contributed by atoms with Crippen molar-refractivity contribution in [2.45, 2.75) is 45.8 Å². The Morgan fingerprint density at radius 3 is 2.35 bits per heavy atom. The lowest BCUT2D eigenvalue weighted by atomic mass is 9.99. The molecule has 0 aliphatic heterocycles. The van der Waals surface area contributed by atoms with Crippen LogP contribution in [0.1, 0.15) is 44.2 Å². The second-order valence-corrected chi connectivity index (χ2v) is 5.60. The summed E-state index contributed by atoms with van der Waals surface area (Å²) in [6, 6.07) is 9.29. The van der Waals surface area contributed by atoms with Crippen LogP contribution in [0, 0.1) is 0 Å². The molecule has 3 nitrogen and oxygen atoms in total. The molecule has 0 heterocycles. The second-order valence-electron chi connectivity index (χ2n) is 5.60. The molecule has 0 fully saturated rings. The van der Waals surface area contributed by atoms with Gasteiger partial charge in [-0.1, -0.05) is 45.0 Å². The molecule has 1 unspecified atom stereocenters. The van der Waals surface area contributed by atoms with Gasteiger partial charge in [-0.15, -0.1) is 0 Å². The fourth-order valence-corrected chi connectivity index (χ4v) is 1.97. The van der Waals surface area contributed by atoms with E-state index in [1.165, 1.54) is 11.1 Å². The molecular formula is C17H29NO2. The molecule has 3 heteroatoms.